The van der Waals surface area contributed by atoms with Crippen LogP contribution in [-0.2, 0) is 0 Å². The minimum atomic E-state index is -0.149. The summed E-state index contributed by atoms with van der Waals surface area (Å²) in [7, 11) is 0. The minimum absolute atomic E-state index is 0.0134. The number of hydrogen-bond acceptors (Lipinski definition) is 3. The number of thioether (sulfide) groups is 1. The highest BCUT2D eigenvalue weighted by Gasteiger charge is 2.44. The second-order valence-corrected chi connectivity index (χ2v) is 13.0. The summed E-state index contributed by atoms with van der Waals surface area (Å²) in [6.45, 7) is 8.96. The highest BCUT2D eigenvalue weighted by molar-refractivity contribution is 8.15. The fourth-order valence-electron chi connectivity index (χ4n) is 5.72. The van der Waals surface area contributed by atoms with Gasteiger partial charge in [0.05, 0.1) is 16.9 Å². The molecule has 0 aliphatic carbocycles. The Hall–Kier alpha value is -3.95. The summed E-state index contributed by atoms with van der Waals surface area (Å²) in [4.78, 5) is 10.4. The van der Waals surface area contributed by atoms with Crippen LogP contribution in [0.25, 0.3) is 54.7 Å². The molecular weight excluding hydrogens is 492 g/mol. The van der Waals surface area contributed by atoms with E-state index in [4.69, 9.17) is 9.98 Å². The van der Waals surface area contributed by atoms with Gasteiger partial charge in [-0.15, -0.1) is 0 Å². The van der Waals surface area contributed by atoms with Crippen LogP contribution in [0.5, 0.6) is 0 Å². The quantitative estimate of drug-likeness (QED) is 0.216. The summed E-state index contributed by atoms with van der Waals surface area (Å²) < 4.78 is 0.0134. The number of aliphatic imine (C=N–C) groups is 1. The first-order valence-corrected chi connectivity index (χ1v) is 14.3. The molecule has 0 saturated heterocycles. The highest BCUT2D eigenvalue weighted by Crippen LogP contribution is 2.47. The summed E-state index contributed by atoms with van der Waals surface area (Å²) in [6.07, 6.45) is 0. The standard InChI is InChI=1S/C36H30N2S/c1-35(2)36(3,4)39-34(38-35)31-22-12-21-30(37-31)33-28-18-9-7-16-26(28)32(27-17-8-10-19-29(27)33)25-20-11-14-23-13-5-6-15-24(23)25/h5-22H,1-4H3. The third-order valence-electron chi connectivity index (χ3n) is 8.42. The zero-order chi connectivity index (χ0) is 26.8. The highest BCUT2D eigenvalue weighted by atomic mass is 32.2. The first kappa shape index (κ1) is 24.1. The van der Waals surface area contributed by atoms with Gasteiger partial charge in [0.1, 0.15) is 5.04 Å². The molecule has 7 rings (SSSR count). The Bertz CT molecular complexity index is 1890. The van der Waals surface area contributed by atoms with E-state index in [9.17, 15) is 0 Å². The number of pyridine rings is 1. The fourth-order valence-corrected chi connectivity index (χ4v) is 6.99. The van der Waals surface area contributed by atoms with Crippen LogP contribution in [0.2, 0.25) is 0 Å². The Labute approximate surface area is 233 Å². The van der Waals surface area contributed by atoms with Crippen molar-refractivity contribution in [1.29, 1.82) is 0 Å². The van der Waals surface area contributed by atoms with Crippen molar-refractivity contribution >= 4 is 49.1 Å². The van der Waals surface area contributed by atoms with E-state index in [1.165, 1.54) is 49.0 Å². The molecule has 6 aromatic rings. The van der Waals surface area contributed by atoms with E-state index in [2.05, 4.69) is 137 Å². The topological polar surface area (TPSA) is 25.2 Å². The minimum Gasteiger partial charge on any atom is -0.269 e. The number of hydrogen-bond donors (Lipinski definition) is 0. The van der Waals surface area contributed by atoms with Crippen molar-refractivity contribution in [3.8, 4) is 22.4 Å². The van der Waals surface area contributed by atoms with E-state index in [0.29, 0.717) is 0 Å². The molecule has 0 unspecified atom stereocenters. The van der Waals surface area contributed by atoms with Crippen molar-refractivity contribution in [1.82, 2.24) is 4.98 Å². The van der Waals surface area contributed by atoms with Gasteiger partial charge in [-0.1, -0.05) is 109 Å². The van der Waals surface area contributed by atoms with Crippen LogP contribution in [0.1, 0.15) is 33.4 Å². The van der Waals surface area contributed by atoms with Gasteiger partial charge in [0.2, 0.25) is 0 Å². The Morgan fingerprint density at radius 1 is 0.513 bits per heavy atom. The van der Waals surface area contributed by atoms with E-state index < -0.39 is 0 Å². The summed E-state index contributed by atoms with van der Waals surface area (Å²) >= 11 is 1.83. The second kappa shape index (κ2) is 8.79. The Morgan fingerprint density at radius 3 is 1.64 bits per heavy atom. The summed E-state index contributed by atoms with van der Waals surface area (Å²) in [5.41, 5.74) is 5.49. The number of nitrogens with zero attached hydrogens (tertiary/aromatic N) is 2. The lowest BCUT2D eigenvalue weighted by Gasteiger charge is -2.30. The molecule has 0 N–H and O–H groups in total. The molecule has 0 radical (unpaired) electrons. The number of fused-ring (bicyclic) bond motifs is 3. The van der Waals surface area contributed by atoms with Gasteiger partial charge in [-0.05, 0) is 83.3 Å². The number of aromatic nitrogens is 1. The number of rotatable bonds is 3. The lowest BCUT2D eigenvalue weighted by Crippen LogP contribution is -2.36. The molecule has 2 nitrogen and oxygen atoms in total. The molecule has 2 heterocycles. The van der Waals surface area contributed by atoms with Gasteiger partial charge in [-0.2, -0.15) is 0 Å². The van der Waals surface area contributed by atoms with E-state index in [0.717, 1.165) is 16.4 Å². The lowest BCUT2D eigenvalue weighted by atomic mass is 9.86. The molecule has 0 bridgehead atoms. The average molecular weight is 523 g/mol. The fraction of sp³-hybridized carbons (Fsp3) is 0.167. The van der Waals surface area contributed by atoms with Gasteiger partial charge in [-0.25, -0.2) is 4.98 Å². The molecule has 3 heteroatoms. The predicted molar refractivity (Wildman–Crippen MR) is 170 cm³/mol. The number of benzene rings is 5. The van der Waals surface area contributed by atoms with Crippen LogP contribution in [-0.4, -0.2) is 20.3 Å². The molecule has 0 fully saturated rings. The molecule has 190 valence electrons. The molecule has 39 heavy (non-hydrogen) atoms. The second-order valence-electron chi connectivity index (χ2n) is 11.4. The average Bonchev–Trinajstić information content (AvgIpc) is 3.18. The molecule has 1 aliphatic heterocycles. The maximum Gasteiger partial charge on any atom is 0.117 e. The third kappa shape index (κ3) is 3.79. The van der Waals surface area contributed by atoms with Gasteiger partial charge < -0.3 is 0 Å². The summed E-state index contributed by atoms with van der Waals surface area (Å²) in [5, 5.41) is 8.45. The first-order valence-electron chi connectivity index (χ1n) is 13.5. The molecule has 5 aromatic carbocycles. The molecule has 0 spiro atoms. The molecule has 0 amide bonds. The van der Waals surface area contributed by atoms with Crippen LogP contribution in [0.3, 0.4) is 0 Å². The summed E-state index contributed by atoms with van der Waals surface area (Å²) in [6, 6.07) is 39.2. The molecule has 1 aromatic heterocycles. The van der Waals surface area contributed by atoms with Crippen molar-refractivity contribution in [2.45, 2.75) is 38.0 Å². The van der Waals surface area contributed by atoms with Gasteiger partial charge in [0.15, 0.2) is 0 Å². The van der Waals surface area contributed by atoms with Crippen molar-refractivity contribution in [2.75, 3.05) is 0 Å². The SMILES string of the molecule is CC1(C)N=C(c2cccc(-c3c4ccccc4c(-c4cccc5ccccc45)c4ccccc34)n2)SC1(C)C. The van der Waals surface area contributed by atoms with Crippen molar-refractivity contribution in [3.63, 3.8) is 0 Å². The molecular formula is C36H30N2S. The normalized spacial score (nSPS) is 16.2. The van der Waals surface area contributed by atoms with Crippen LogP contribution in [0, 0.1) is 0 Å². The maximum absolute atomic E-state index is 5.26. The van der Waals surface area contributed by atoms with Crippen LogP contribution >= 0.6 is 11.8 Å². The first-order chi connectivity index (χ1) is 18.8. The van der Waals surface area contributed by atoms with Crippen LogP contribution in [0.15, 0.2) is 114 Å². The van der Waals surface area contributed by atoms with Gasteiger partial charge in [0, 0.05) is 10.3 Å². The Morgan fingerprint density at radius 2 is 1.03 bits per heavy atom. The molecule has 0 saturated carbocycles. The molecule has 1 aliphatic rings. The predicted octanol–water partition coefficient (Wildman–Crippen LogP) is 9.93. The van der Waals surface area contributed by atoms with Crippen LogP contribution in [0.4, 0.5) is 0 Å². The van der Waals surface area contributed by atoms with Crippen molar-refractivity contribution < 1.29 is 0 Å². The smallest absolute Gasteiger partial charge is 0.117 e. The van der Waals surface area contributed by atoms with Gasteiger partial charge in [-0.3, -0.25) is 4.99 Å². The van der Waals surface area contributed by atoms with Gasteiger partial charge >= 0.3 is 0 Å². The monoisotopic (exact) mass is 522 g/mol. The van der Waals surface area contributed by atoms with E-state index in [-0.39, 0.29) is 10.3 Å². The van der Waals surface area contributed by atoms with Crippen molar-refractivity contribution in [2.24, 2.45) is 4.99 Å². The third-order valence-corrected chi connectivity index (χ3v) is 9.92. The van der Waals surface area contributed by atoms with Crippen molar-refractivity contribution in [3.05, 3.63) is 115 Å². The largest absolute Gasteiger partial charge is 0.269 e. The van der Waals surface area contributed by atoms with E-state index in [1.807, 2.05) is 11.8 Å². The zero-order valence-corrected chi connectivity index (χ0v) is 23.5. The maximum atomic E-state index is 5.26. The summed E-state index contributed by atoms with van der Waals surface area (Å²) in [5.74, 6) is 0. The molecule has 0 atom stereocenters. The van der Waals surface area contributed by atoms with E-state index >= 15 is 0 Å². The van der Waals surface area contributed by atoms with Crippen LogP contribution < -0.4 is 0 Å². The lowest BCUT2D eigenvalue weighted by molar-refractivity contribution is 0.426. The van der Waals surface area contributed by atoms with E-state index in [1.54, 1.807) is 0 Å². The Kier molecular flexibility index (Phi) is 5.43. The zero-order valence-electron chi connectivity index (χ0n) is 22.7. The van der Waals surface area contributed by atoms with Gasteiger partial charge in [0.25, 0.3) is 0 Å². The Balaban J connectivity index is 1.52.